The molecule has 1 saturated carbocycles. The molecule has 0 unspecified atom stereocenters. The first-order chi connectivity index (χ1) is 15.9. The molecule has 0 aliphatic heterocycles. The average Bonchev–Trinajstić information content (AvgIpc) is 2.79. The van der Waals surface area contributed by atoms with E-state index in [-0.39, 0.29) is 11.8 Å². The van der Waals surface area contributed by atoms with Crippen molar-refractivity contribution in [2.45, 2.75) is 44.5 Å². The zero-order valence-electron chi connectivity index (χ0n) is 17.7. The number of alkyl halides is 3. The summed E-state index contributed by atoms with van der Waals surface area (Å²) in [5.41, 5.74) is 1.89. The fourth-order valence-electron chi connectivity index (χ4n) is 3.83. The first kappa shape index (κ1) is 22.4. The highest BCUT2D eigenvalue weighted by Gasteiger charge is 2.31. The summed E-state index contributed by atoms with van der Waals surface area (Å²) in [6.45, 7) is 0. The second-order valence-electron chi connectivity index (χ2n) is 7.80. The van der Waals surface area contributed by atoms with E-state index in [0.29, 0.717) is 34.3 Å². The van der Waals surface area contributed by atoms with Crippen LogP contribution in [0.1, 0.15) is 37.7 Å². The number of benzene rings is 2. The van der Waals surface area contributed by atoms with E-state index < -0.39 is 6.36 Å². The number of nitrogens with one attached hydrogen (secondary N) is 2. The number of hydrogen-bond acceptors (Lipinski definition) is 6. The van der Waals surface area contributed by atoms with Crippen molar-refractivity contribution in [3.63, 3.8) is 0 Å². The monoisotopic (exact) mass is 453 g/mol. The van der Waals surface area contributed by atoms with Crippen molar-refractivity contribution in [3.8, 4) is 23.1 Å². The molecule has 0 atom stereocenters. The number of halogens is 3. The molecule has 0 amide bonds. The Morgan fingerprint density at radius 2 is 1.76 bits per heavy atom. The Morgan fingerprint density at radius 3 is 2.52 bits per heavy atom. The third-order valence-corrected chi connectivity index (χ3v) is 5.34. The van der Waals surface area contributed by atoms with Gasteiger partial charge in [0.1, 0.15) is 17.6 Å². The molecule has 1 aliphatic rings. The van der Waals surface area contributed by atoms with Gasteiger partial charge in [0.25, 0.3) is 0 Å². The Balaban J connectivity index is 1.69. The normalized spacial score (nSPS) is 14.4. The number of rotatable bonds is 6. The van der Waals surface area contributed by atoms with Crippen LogP contribution in [0.5, 0.6) is 5.75 Å². The molecule has 0 spiro atoms. The first-order valence-corrected chi connectivity index (χ1v) is 10.7. The number of aromatic nitrogens is 2. The second kappa shape index (κ2) is 9.77. The van der Waals surface area contributed by atoms with E-state index in [0.717, 1.165) is 25.7 Å². The standard InChI is InChI=1S/C24H22F3N5O/c25-24(26,27)33-19-11-6-8-16(13-19)21-14-22(30-20-12-5-4-7-17(20)15-28)32-23(31-21)29-18-9-2-1-3-10-18/h4-8,11-14,18H,1-3,9-10H2,(H2,29,30,31,32). The van der Waals surface area contributed by atoms with E-state index >= 15 is 0 Å². The lowest BCUT2D eigenvalue weighted by molar-refractivity contribution is -0.274. The lowest BCUT2D eigenvalue weighted by Crippen LogP contribution is -2.23. The number of ether oxygens (including phenoxy) is 1. The van der Waals surface area contributed by atoms with Crippen LogP contribution in [0.3, 0.4) is 0 Å². The van der Waals surface area contributed by atoms with Crippen LogP contribution < -0.4 is 15.4 Å². The summed E-state index contributed by atoms with van der Waals surface area (Å²) in [6.07, 6.45) is 0.656. The Hall–Kier alpha value is -3.80. The number of anilines is 3. The van der Waals surface area contributed by atoms with Crippen LogP contribution in [-0.2, 0) is 0 Å². The van der Waals surface area contributed by atoms with Gasteiger partial charge in [-0.2, -0.15) is 10.2 Å². The van der Waals surface area contributed by atoms with Gasteiger partial charge in [-0.15, -0.1) is 13.2 Å². The number of hydrogen-bond donors (Lipinski definition) is 2. The molecule has 1 fully saturated rings. The van der Waals surface area contributed by atoms with Crippen molar-refractivity contribution in [2.24, 2.45) is 0 Å². The topological polar surface area (TPSA) is 82.9 Å². The molecule has 1 aromatic heterocycles. The average molecular weight is 453 g/mol. The first-order valence-electron chi connectivity index (χ1n) is 10.7. The molecular weight excluding hydrogens is 431 g/mol. The van der Waals surface area contributed by atoms with Crippen molar-refractivity contribution < 1.29 is 17.9 Å². The van der Waals surface area contributed by atoms with Gasteiger partial charge in [0.05, 0.1) is 16.9 Å². The summed E-state index contributed by atoms with van der Waals surface area (Å²) in [6, 6.07) is 16.6. The van der Waals surface area contributed by atoms with Gasteiger partial charge in [-0.3, -0.25) is 0 Å². The zero-order chi connectivity index (χ0) is 23.3. The molecule has 2 N–H and O–H groups in total. The van der Waals surface area contributed by atoms with Crippen molar-refractivity contribution >= 4 is 17.5 Å². The summed E-state index contributed by atoms with van der Waals surface area (Å²) in [7, 11) is 0. The van der Waals surface area contributed by atoms with Crippen LogP contribution in [0.2, 0.25) is 0 Å². The van der Waals surface area contributed by atoms with Crippen LogP contribution >= 0.6 is 0 Å². The Labute approximate surface area is 189 Å². The van der Waals surface area contributed by atoms with E-state index in [1.165, 1.54) is 24.6 Å². The lowest BCUT2D eigenvalue weighted by atomic mass is 9.96. The molecule has 3 aromatic rings. The molecule has 1 aliphatic carbocycles. The molecule has 1 heterocycles. The quantitative estimate of drug-likeness (QED) is 0.449. The third-order valence-electron chi connectivity index (χ3n) is 5.34. The number of nitriles is 1. The van der Waals surface area contributed by atoms with E-state index in [1.54, 1.807) is 36.4 Å². The predicted octanol–water partition coefficient (Wildman–Crippen LogP) is 6.40. The molecule has 33 heavy (non-hydrogen) atoms. The van der Waals surface area contributed by atoms with Gasteiger partial charge in [0.15, 0.2) is 0 Å². The maximum absolute atomic E-state index is 12.7. The van der Waals surface area contributed by atoms with E-state index in [1.807, 2.05) is 0 Å². The van der Waals surface area contributed by atoms with Gasteiger partial charge in [-0.05, 0) is 37.1 Å². The molecule has 0 radical (unpaired) electrons. The second-order valence-corrected chi connectivity index (χ2v) is 7.80. The lowest BCUT2D eigenvalue weighted by Gasteiger charge is -2.23. The van der Waals surface area contributed by atoms with Crippen LogP contribution in [0, 0.1) is 11.3 Å². The molecular formula is C24H22F3N5O. The van der Waals surface area contributed by atoms with Crippen molar-refractivity contribution in [1.82, 2.24) is 9.97 Å². The maximum Gasteiger partial charge on any atom is 0.573 e. The van der Waals surface area contributed by atoms with Gasteiger partial charge in [0, 0.05) is 17.7 Å². The van der Waals surface area contributed by atoms with E-state index in [2.05, 4.69) is 31.4 Å². The molecule has 9 heteroatoms. The highest BCUT2D eigenvalue weighted by Crippen LogP contribution is 2.30. The van der Waals surface area contributed by atoms with Crippen LogP contribution in [0.15, 0.2) is 54.6 Å². The molecule has 0 bridgehead atoms. The minimum absolute atomic E-state index is 0.230. The van der Waals surface area contributed by atoms with Crippen molar-refractivity contribution in [2.75, 3.05) is 10.6 Å². The Kier molecular flexibility index (Phi) is 6.63. The molecule has 0 saturated heterocycles. The van der Waals surface area contributed by atoms with Gasteiger partial charge in [0.2, 0.25) is 5.95 Å². The Bertz CT molecular complexity index is 1150. The predicted molar refractivity (Wildman–Crippen MR) is 119 cm³/mol. The minimum Gasteiger partial charge on any atom is -0.406 e. The summed E-state index contributed by atoms with van der Waals surface area (Å²) in [4.78, 5) is 9.11. The van der Waals surface area contributed by atoms with Crippen LogP contribution in [0.4, 0.5) is 30.6 Å². The smallest absolute Gasteiger partial charge is 0.406 e. The zero-order valence-corrected chi connectivity index (χ0v) is 17.7. The molecule has 6 nitrogen and oxygen atoms in total. The largest absolute Gasteiger partial charge is 0.573 e. The third kappa shape index (κ3) is 6.13. The highest BCUT2D eigenvalue weighted by atomic mass is 19.4. The summed E-state index contributed by atoms with van der Waals surface area (Å²) in [5, 5.41) is 15.9. The fourth-order valence-corrected chi connectivity index (χ4v) is 3.83. The van der Waals surface area contributed by atoms with Gasteiger partial charge < -0.3 is 15.4 Å². The molecule has 170 valence electrons. The van der Waals surface area contributed by atoms with E-state index in [9.17, 15) is 18.4 Å². The van der Waals surface area contributed by atoms with Gasteiger partial charge >= 0.3 is 6.36 Å². The molecule has 2 aromatic carbocycles. The van der Waals surface area contributed by atoms with Gasteiger partial charge in [-0.25, -0.2) is 4.98 Å². The highest BCUT2D eigenvalue weighted by molar-refractivity contribution is 5.70. The van der Waals surface area contributed by atoms with Crippen LogP contribution in [0.25, 0.3) is 11.3 Å². The number of para-hydroxylation sites is 1. The van der Waals surface area contributed by atoms with Crippen LogP contribution in [-0.4, -0.2) is 22.4 Å². The van der Waals surface area contributed by atoms with Crippen molar-refractivity contribution in [1.29, 1.82) is 5.26 Å². The van der Waals surface area contributed by atoms with Gasteiger partial charge in [-0.1, -0.05) is 43.5 Å². The van der Waals surface area contributed by atoms with E-state index in [4.69, 9.17) is 0 Å². The Morgan fingerprint density at radius 1 is 0.970 bits per heavy atom. The molecule has 4 rings (SSSR count). The maximum atomic E-state index is 12.7. The number of nitrogens with zero attached hydrogens (tertiary/aromatic N) is 3. The summed E-state index contributed by atoms with van der Waals surface area (Å²) < 4.78 is 42.1. The summed E-state index contributed by atoms with van der Waals surface area (Å²) in [5.74, 6) is 0.464. The SMILES string of the molecule is N#Cc1ccccc1Nc1cc(-c2cccc(OC(F)(F)F)c2)nc(NC2CCCCC2)n1. The van der Waals surface area contributed by atoms with Crippen molar-refractivity contribution in [3.05, 3.63) is 60.2 Å². The minimum atomic E-state index is -4.79. The summed E-state index contributed by atoms with van der Waals surface area (Å²) >= 11 is 0. The fraction of sp³-hybridized carbons (Fsp3) is 0.292.